The van der Waals surface area contributed by atoms with Crippen molar-refractivity contribution >= 4 is 27.3 Å². The molecule has 1 atom stereocenters. The summed E-state index contributed by atoms with van der Waals surface area (Å²) in [5, 5.41) is 14.4. The molecular weight excluding hydrogens is 298 g/mol. The lowest BCUT2D eigenvalue weighted by molar-refractivity contribution is 0.444. The molecule has 1 aromatic rings. The molecule has 0 saturated carbocycles. The highest BCUT2D eigenvalue weighted by Gasteiger charge is 2.24. The van der Waals surface area contributed by atoms with E-state index in [2.05, 4.69) is 4.90 Å². The summed E-state index contributed by atoms with van der Waals surface area (Å²) in [6.07, 6.45) is 1.77. The predicted molar refractivity (Wildman–Crippen MR) is 79.1 cm³/mol. The lowest BCUT2D eigenvalue weighted by atomic mass is 9.99. The standard InChI is InChI=1S/C13H16ClN3O2S/c14-13-6-12(4-3-11(13)7-15)17-5-1-2-10(8-17)9-20(16,18)19/h3-4,6,10H,1-2,5,8-9H2,(H2,16,18,19)/t10-/m1/s1. The van der Waals surface area contributed by atoms with E-state index in [0.717, 1.165) is 25.1 Å². The average molecular weight is 314 g/mol. The van der Waals surface area contributed by atoms with E-state index in [1.165, 1.54) is 0 Å². The normalized spacial score (nSPS) is 19.6. The number of anilines is 1. The third-order valence-corrected chi connectivity index (χ3v) is 4.67. The largest absolute Gasteiger partial charge is 0.371 e. The van der Waals surface area contributed by atoms with E-state index in [-0.39, 0.29) is 11.7 Å². The Bertz CT molecular complexity index is 640. The topological polar surface area (TPSA) is 87.2 Å². The monoisotopic (exact) mass is 313 g/mol. The van der Waals surface area contributed by atoms with Crippen LogP contribution in [0.4, 0.5) is 5.69 Å². The lowest BCUT2D eigenvalue weighted by Gasteiger charge is -2.34. The molecular formula is C13H16ClN3O2S. The maximum absolute atomic E-state index is 11.2. The zero-order valence-electron chi connectivity index (χ0n) is 10.9. The molecule has 1 saturated heterocycles. The molecule has 0 aromatic heterocycles. The fourth-order valence-corrected chi connectivity index (χ4v) is 3.70. The maximum Gasteiger partial charge on any atom is 0.209 e. The van der Waals surface area contributed by atoms with Gasteiger partial charge in [0.05, 0.1) is 16.3 Å². The quantitative estimate of drug-likeness (QED) is 0.920. The van der Waals surface area contributed by atoms with Gasteiger partial charge in [-0.05, 0) is 37.0 Å². The van der Waals surface area contributed by atoms with Gasteiger partial charge in [-0.25, -0.2) is 13.6 Å². The van der Waals surface area contributed by atoms with Crippen LogP contribution in [-0.2, 0) is 10.0 Å². The van der Waals surface area contributed by atoms with Gasteiger partial charge in [0.2, 0.25) is 10.0 Å². The second-order valence-corrected chi connectivity index (χ2v) is 7.13. The van der Waals surface area contributed by atoms with E-state index in [9.17, 15) is 8.42 Å². The minimum Gasteiger partial charge on any atom is -0.371 e. The van der Waals surface area contributed by atoms with Crippen LogP contribution in [0, 0.1) is 17.2 Å². The summed E-state index contributed by atoms with van der Waals surface area (Å²) in [4.78, 5) is 2.09. The first kappa shape index (κ1) is 15.1. The van der Waals surface area contributed by atoms with Crippen molar-refractivity contribution < 1.29 is 8.42 Å². The molecule has 0 radical (unpaired) electrons. The Kier molecular flexibility index (Phi) is 4.53. The molecule has 108 valence electrons. The number of nitrogens with two attached hydrogens (primary N) is 1. The van der Waals surface area contributed by atoms with Gasteiger partial charge in [-0.15, -0.1) is 0 Å². The van der Waals surface area contributed by atoms with Crippen molar-refractivity contribution in [2.24, 2.45) is 11.1 Å². The summed E-state index contributed by atoms with van der Waals surface area (Å²) in [7, 11) is -3.44. The Morgan fingerprint density at radius 1 is 1.50 bits per heavy atom. The Morgan fingerprint density at radius 2 is 2.25 bits per heavy atom. The molecule has 0 bridgehead atoms. The molecule has 7 heteroatoms. The number of hydrogen-bond donors (Lipinski definition) is 1. The fourth-order valence-electron chi connectivity index (χ4n) is 2.56. The van der Waals surface area contributed by atoms with E-state index >= 15 is 0 Å². The van der Waals surface area contributed by atoms with Crippen LogP contribution < -0.4 is 10.0 Å². The number of nitriles is 1. The number of primary sulfonamides is 1. The Hall–Kier alpha value is -1.29. The van der Waals surface area contributed by atoms with Crippen molar-refractivity contribution in [3.05, 3.63) is 28.8 Å². The minimum atomic E-state index is -3.44. The molecule has 1 heterocycles. The van der Waals surface area contributed by atoms with Crippen LogP contribution in [0.2, 0.25) is 5.02 Å². The third kappa shape index (κ3) is 3.85. The molecule has 2 rings (SSSR count). The summed E-state index contributed by atoms with van der Waals surface area (Å²) in [6, 6.07) is 7.29. The first-order valence-electron chi connectivity index (χ1n) is 6.34. The van der Waals surface area contributed by atoms with Crippen molar-refractivity contribution in [1.29, 1.82) is 5.26 Å². The number of halogens is 1. The molecule has 0 aliphatic carbocycles. The predicted octanol–water partition coefficient (Wildman–Crippen LogP) is 1.72. The molecule has 1 aromatic carbocycles. The van der Waals surface area contributed by atoms with Crippen LogP contribution >= 0.6 is 11.6 Å². The molecule has 0 amide bonds. The number of piperidine rings is 1. The van der Waals surface area contributed by atoms with Crippen molar-refractivity contribution in [2.45, 2.75) is 12.8 Å². The van der Waals surface area contributed by atoms with Gasteiger partial charge in [0, 0.05) is 18.8 Å². The fraction of sp³-hybridized carbons (Fsp3) is 0.462. The van der Waals surface area contributed by atoms with E-state index < -0.39 is 10.0 Å². The molecule has 5 nitrogen and oxygen atoms in total. The van der Waals surface area contributed by atoms with Crippen LogP contribution in [0.3, 0.4) is 0 Å². The minimum absolute atomic E-state index is 0.00745. The zero-order valence-corrected chi connectivity index (χ0v) is 12.5. The smallest absolute Gasteiger partial charge is 0.209 e. The van der Waals surface area contributed by atoms with Gasteiger partial charge in [0.15, 0.2) is 0 Å². The van der Waals surface area contributed by atoms with Gasteiger partial charge in [-0.2, -0.15) is 5.26 Å². The van der Waals surface area contributed by atoms with Crippen LogP contribution in [-0.4, -0.2) is 27.3 Å². The van der Waals surface area contributed by atoms with E-state index in [4.69, 9.17) is 22.0 Å². The third-order valence-electron chi connectivity index (χ3n) is 3.43. The van der Waals surface area contributed by atoms with Crippen molar-refractivity contribution in [3.8, 4) is 6.07 Å². The van der Waals surface area contributed by atoms with Gasteiger partial charge < -0.3 is 4.90 Å². The summed E-state index contributed by atoms with van der Waals surface area (Å²) >= 11 is 6.03. The highest BCUT2D eigenvalue weighted by Crippen LogP contribution is 2.27. The second kappa shape index (κ2) is 6.00. The summed E-state index contributed by atoms with van der Waals surface area (Å²) < 4.78 is 22.4. The number of benzene rings is 1. The number of sulfonamides is 1. The Balaban J connectivity index is 2.13. The molecule has 2 N–H and O–H groups in total. The summed E-state index contributed by atoms with van der Waals surface area (Å²) in [5.74, 6) is 0.0428. The molecule has 20 heavy (non-hydrogen) atoms. The molecule has 1 aliphatic rings. The van der Waals surface area contributed by atoms with E-state index in [0.29, 0.717) is 17.1 Å². The Labute approximate surface area is 124 Å². The lowest BCUT2D eigenvalue weighted by Crippen LogP contribution is -2.39. The average Bonchev–Trinajstić information content (AvgIpc) is 2.37. The SMILES string of the molecule is N#Cc1ccc(N2CCC[C@@H](CS(N)(=O)=O)C2)cc1Cl. The van der Waals surface area contributed by atoms with Crippen molar-refractivity contribution in [3.63, 3.8) is 0 Å². The first-order valence-corrected chi connectivity index (χ1v) is 8.43. The maximum atomic E-state index is 11.2. The molecule has 1 aliphatic heterocycles. The van der Waals surface area contributed by atoms with Gasteiger partial charge >= 0.3 is 0 Å². The Morgan fingerprint density at radius 3 is 2.85 bits per heavy atom. The van der Waals surface area contributed by atoms with Crippen molar-refractivity contribution in [1.82, 2.24) is 0 Å². The van der Waals surface area contributed by atoms with Crippen LogP contribution in [0.1, 0.15) is 18.4 Å². The van der Waals surface area contributed by atoms with Crippen LogP contribution in [0.5, 0.6) is 0 Å². The van der Waals surface area contributed by atoms with Crippen molar-refractivity contribution in [2.75, 3.05) is 23.7 Å². The highest BCUT2D eigenvalue weighted by molar-refractivity contribution is 7.89. The van der Waals surface area contributed by atoms with Gasteiger partial charge in [0.1, 0.15) is 6.07 Å². The number of hydrogen-bond acceptors (Lipinski definition) is 4. The van der Waals surface area contributed by atoms with Crippen LogP contribution in [0.15, 0.2) is 18.2 Å². The van der Waals surface area contributed by atoms with E-state index in [1.807, 2.05) is 12.1 Å². The first-order chi connectivity index (χ1) is 9.39. The van der Waals surface area contributed by atoms with Gasteiger partial charge in [-0.1, -0.05) is 11.6 Å². The molecule has 0 spiro atoms. The highest BCUT2D eigenvalue weighted by atomic mass is 35.5. The second-order valence-electron chi connectivity index (χ2n) is 5.06. The van der Waals surface area contributed by atoms with Crippen LogP contribution in [0.25, 0.3) is 0 Å². The molecule has 1 fully saturated rings. The zero-order chi connectivity index (χ0) is 14.8. The molecule has 0 unspecified atom stereocenters. The summed E-state index contributed by atoms with van der Waals surface area (Å²) in [6.45, 7) is 1.49. The number of nitrogens with zero attached hydrogens (tertiary/aromatic N) is 2. The van der Waals surface area contributed by atoms with E-state index in [1.54, 1.807) is 12.1 Å². The van der Waals surface area contributed by atoms with Gasteiger partial charge in [-0.3, -0.25) is 0 Å². The number of rotatable bonds is 3. The summed E-state index contributed by atoms with van der Waals surface area (Å²) in [5.41, 5.74) is 1.35. The van der Waals surface area contributed by atoms with Gasteiger partial charge in [0.25, 0.3) is 0 Å².